The van der Waals surface area contributed by atoms with Crippen molar-refractivity contribution in [3.8, 4) is 0 Å². The van der Waals surface area contributed by atoms with Gasteiger partial charge in [0.15, 0.2) is 5.78 Å². The van der Waals surface area contributed by atoms with Crippen LogP contribution in [-0.4, -0.2) is 29.4 Å². The van der Waals surface area contributed by atoms with Gasteiger partial charge in [-0.3, -0.25) is 14.4 Å². The second-order valence-electron chi connectivity index (χ2n) is 7.41. The van der Waals surface area contributed by atoms with Crippen LogP contribution in [0.4, 0.5) is 11.4 Å². The molecule has 8 heteroatoms. The summed E-state index contributed by atoms with van der Waals surface area (Å²) in [6.07, 6.45) is 0.761. The van der Waals surface area contributed by atoms with Crippen molar-refractivity contribution in [3.05, 3.63) is 94.5 Å². The van der Waals surface area contributed by atoms with Gasteiger partial charge in [-0.05, 0) is 42.3 Å². The molecule has 0 saturated heterocycles. The van der Waals surface area contributed by atoms with Gasteiger partial charge in [0.2, 0.25) is 11.8 Å². The van der Waals surface area contributed by atoms with Gasteiger partial charge in [-0.1, -0.05) is 54.1 Å². The predicted molar refractivity (Wildman–Crippen MR) is 135 cm³/mol. The number of carbonyl (C=O) groups is 3. The Morgan fingerprint density at radius 2 is 1.64 bits per heavy atom. The lowest BCUT2D eigenvalue weighted by molar-refractivity contribution is -0.117. The van der Waals surface area contributed by atoms with E-state index in [4.69, 9.17) is 17.3 Å². The maximum Gasteiger partial charge on any atom is 0.242 e. The number of hydrogen-bond acceptors (Lipinski definition) is 5. The average molecular weight is 482 g/mol. The van der Waals surface area contributed by atoms with Crippen molar-refractivity contribution in [3.63, 3.8) is 0 Å². The Kier molecular flexibility index (Phi) is 8.65. The molecular formula is C25H24ClN3O3S. The molecule has 3 aromatic carbocycles. The van der Waals surface area contributed by atoms with Gasteiger partial charge in [-0.25, -0.2) is 0 Å². The number of anilines is 2. The molecule has 0 radical (unpaired) electrons. The van der Waals surface area contributed by atoms with Crippen LogP contribution in [0.2, 0.25) is 5.02 Å². The maximum atomic E-state index is 13.2. The fraction of sp³-hybridized carbons (Fsp3) is 0.160. The van der Waals surface area contributed by atoms with Crippen LogP contribution in [0.3, 0.4) is 0 Å². The maximum absolute atomic E-state index is 13.2. The van der Waals surface area contributed by atoms with Gasteiger partial charge in [0.05, 0.1) is 11.7 Å². The zero-order valence-corrected chi connectivity index (χ0v) is 19.4. The summed E-state index contributed by atoms with van der Waals surface area (Å²) in [5.74, 6) is -0.745. The smallest absolute Gasteiger partial charge is 0.242 e. The summed E-state index contributed by atoms with van der Waals surface area (Å²) in [6.45, 7) is 0. The Morgan fingerprint density at radius 3 is 2.30 bits per heavy atom. The molecule has 6 nitrogen and oxygen atoms in total. The first-order chi connectivity index (χ1) is 15.9. The Morgan fingerprint density at radius 1 is 0.939 bits per heavy atom. The molecule has 0 bridgehead atoms. The van der Waals surface area contributed by atoms with Crippen LogP contribution in [0.1, 0.15) is 27.9 Å². The van der Waals surface area contributed by atoms with Crippen LogP contribution in [0.25, 0.3) is 0 Å². The molecule has 0 heterocycles. The number of nitrogens with one attached hydrogen (secondary N) is 2. The minimum absolute atomic E-state index is 0.184. The first kappa shape index (κ1) is 24.5. The molecule has 0 spiro atoms. The average Bonchev–Trinajstić information content (AvgIpc) is 2.84. The molecule has 0 aliphatic carbocycles. The third-order valence-electron chi connectivity index (χ3n) is 4.93. The number of halogens is 1. The number of benzene rings is 3. The van der Waals surface area contributed by atoms with E-state index in [1.807, 2.05) is 18.2 Å². The molecule has 170 valence electrons. The molecule has 0 aromatic heterocycles. The van der Waals surface area contributed by atoms with E-state index < -0.39 is 11.9 Å². The van der Waals surface area contributed by atoms with Crippen LogP contribution < -0.4 is 16.4 Å². The minimum Gasteiger partial charge on any atom is -0.325 e. The van der Waals surface area contributed by atoms with E-state index in [9.17, 15) is 14.4 Å². The zero-order valence-electron chi connectivity index (χ0n) is 17.8. The second kappa shape index (κ2) is 11.7. The van der Waals surface area contributed by atoms with Gasteiger partial charge in [-0.15, -0.1) is 0 Å². The molecule has 0 saturated carbocycles. The predicted octanol–water partition coefficient (Wildman–Crippen LogP) is 4.34. The van der Waals surface area contributed by atoms with Gasteiger partial charge in [0.25, 0.3) is 0 Å². The number of aryl methyl sites for hydroxylation is 1. The molecule has 4 N–H and O–H groups in total. The highest BCUT2D eigenvalue weighted by atomic mass is 35.5. The van der Waals surface area contributed by atoms with E-state index in [2.05, 4.69) is 23.3 Å². The number of carbonyl (C=O) groups excluding carboxylic acids is 3. The van der Waals surface area contributed by atoms with E-state index in [0.29, 0.717) is 28.4 Å². The highest BCUT2D eigenvalue weighted by Gasteiger charge is 2.18. The molecule has 33 heavy (non-hydrogen) atoms. The molecular weight excluding hydrogens is 458 g/mol. The summed E-state index contributed by atoms with van der Waals surface area (Å²) in [7, 11) is 0. The van der Waals surface area contributed by atoms with Crippen molar-refractivity contribution in [2.75, 3.05) is 16.4 Å². The Hall–Kier alpha value is -3.13. The van der Waals surface area contributed by atoms with Gasteiger partial charge in [-0.2, -0.15) is 12.6 Å². The molecule has 3 rings (SSSR count). The summed E-state index contributed by atoms with van der Waals surface area (Å²) in [4.78, 5) is 37.9. The van der Waals surface area contributed by atoms with E-state index in [-0.39, 0.29) is 29.4 Å². The summed E-state index contributed by atoms with van der Waals surface area (Å²) in [5.41, 5.74) is 8.19. The minimum atomic E-state index is -0.783. The quantitative estimate of drug-likeness (QED) is 0.270. The molecule has 3 aromatic rings. The molecule has 2 amide bonds. The standard InChI is InChI=1S/C25H24ClN3O3S/c26-18-9-6-16(7-10-18)8-13-23(30)29-22-12-11-19(28-25(32)21(27)15-33)14-20(22)24(31)17-4-2-1-3-5-17/h1-7,9-12,14,21,33H,8,13,15,27H2,(H,28,32)(H,29,30)/t21-/m0/s1. The van der Waals surface area contributed by atoms with Crippen LogP contribution in [0.15, 0.2) is 72.8 Å². The zero-order chi connectivity index (χ0) is 23.8. The molecule has 0 fully saturated rings. The second-order valence-corrected chi connectivity index (χ2v) is 8.21. The van der Waals surface area contributed by atoms with E-state index >= 15 is 0 Å². The number of thiol groups is 1. The number of rotatable bonds is 9. The lowest BCUT2D eigenvalue weighted by Gasteiger charge is -2.15. The Labute approximate surface area is 202 Å². The summed E-state index contributed by atoms with van der Waals surface area (Å²) in [5, 5.41) is 6.14. The van der Waals surface area contributed by atoms with Gasteiger partial charge in [0, 0.05) is 34.0 Å². The molecule has 1 atom stereocenters. The van der Waals surface area contributed by atoms with Crippen LogP contribution in [0, 0.1) is 0 Å². The third-order valence-corrected chi connectivity index (χ3v) is 5.57. The van der Waals surface area contributed by atoms with Crippen LogP contribution in [0.5, 0.6) is 0 Å². The van der Waals surface area contributed by atoms with Crippen molar-refractivity contribution >= 4 is 53.2 Å². The van der Waals surface area contributed by atoms with Gasteiger partial charge >= 0.3 is 0 Å². The fourth-order valence-corrected chi connectivity index (χ4v) is 3.40. The van der Waals surface area contributed by atoms with E-state index in [0.717, 1.165) is 5.56 Å². The SMILES string of the molecule is N[C@@H](CS)C(=O)Nc1ccc(NC(=O)CCc2ccc(Cl)cc2)c(C(=O)c2ccccc2)c1. The number of ketones is 1. The van der Waals surface area contributed by atoms with Gasteiger partial charge < -0.3 is 16.4 Å². The summed E-state index contributed by atoms with van der Waals surface area (Å²) < 4.78 is 0. The Balaban J connectivity index is 1.81. The van der Waals surface area contributed by atoms with Crippen LogP contribution in [-0.2, 0) is 16.0 Å². The van der Waals surface area contributed by atoms with Crippen molar-refractivity contribution in [1.82, 2.24) is 0 Å². The summed E-state index contributed by atoms with van der Waals surface area (Å²) in [6, 6.07) is 20.0. The monoisotopic (exact) mass is 481 g/mol. The van der Waals surface area contributed by atoms with Crippen LogP contribution >= 0.6 is 24.2 Å². The third kappa shape index (κ3) is 6.92. The Bertz CT molecular complexity index is 1140. The highest BCUT2D eigenvalue weighted by molar-refractivity contribution is 7.80. The largest absolute Gasteiger partial charge is 0.325 e. The van der Waals surface area contributed by atoms with Crippen molar-refractivity contribution < 1.29 is 14.4 Å². The van der Waals surface area contributed by atoms with Crippen molar-refractivity contribution in [1.29, 1.82) is 0 Å². The molecule has 0 unspecified atom stereocenters. The van der Waals surface area contributed by atoms with Gasteiger partial charge in [0.1, 0.15) is 0 Å². The van der Waals surface area contributed by atoms with Crippen molar-refractivity contribution in [2.24, 2.45) is 5.73 Å². The lowest BCUT2D eigenvalue weighted by Crippen LogP contribution is -2.37. The normalized spacial score (nSPS) is 11.5. The van der Waals surface area contributed by atoms with E-state index in [1.165, 1.54) is 6.07 Å². The first-order valence-corrected chi connectivity index (χ1v) is 11.3. The topological polar surface area (TPSA) is 101 Å². The lowest BCUT2D eigenvalue weighted by atomic mass is 10.0. The van der Waals surface area contributed by atoms with Crippen molar-refractivity contribution in [2.45, 2.75) is 18.9 Å². The number of amides is 2. The first-order valence-electron chi connectivity index (χ1n) is 10.3. The number of hydrogen-bond donors (Lipinski definition) is 4. The number of nitrogens with two attached hydrogens (primary N) is 1. The fourth-order valence-electron chi connectivity index (χ4n) is 3.10. The summed E-state index contributed by atoms with van der Waals surface area (Å²) >= 11 is 9.93. The van der Waals surface area contributed by atoms with E-state index in [1.54, 1.807) is 48.5 Å². The molecule has 0 aliphatic heterocycles. The highest BCUT2D eigenvalue weighted by Crippen LogP contribution is 2.24. The molecule has 0 aliphatic rings.